The van der Waals surface area contributed by atoms with Gasteiger partial charge in [0.1, 0.15) is 5.69 Å². The molecule has 0 aliphatic heterocycles. The van der Waals surface area contributed by atoms with Gasteiger partial charge < -0.3 is 10.5 Å². The molecule has 0 radical (unpaired) electrons. The molecule has 2 aromatic rings. The predicted octanol–water partition coefficient (Wildman–Crippen LogP) is 0.736. The Bertz CT molecular complexity index is 509. The Morgan fingerprint density at radius 3 is 2.88 bits per heavy atom. The maximum absolute atomic E-state index is 5.59. The Labute approximate surface area is 98.7 Å². The van der Waals surface area contributed by atoms with Crippen LogP contribution in [0.2, 0.25) is 0 Å². The molecular weight excluding hydrogens is 220 g/mol. The number of aromatic nitrogens is 5. The number of nitrogen functional groups attached to an aromatic ring is 1. The summed E-state index contributed by atoms with van der Waals surface area (Å²) in [5.41, 5.74) is 6.40. The van der Waals surface area contributed by atoms with Crippen LogP contribution in [-0.2, 0) is 6.54 Å². The van der Waals surface area contributed by atoms with Gasteiger partial charge in [-0.05, 0) is 12.5 Å². The molecule has 0 saturated carbocycles. The minimum Gasteiger partial charge on any atom is -0.467 e. The van der Waals surface area contributed by atoms with Crippen molar-refractivity contribution in [1.29, 1.82) is 0 Å². The van der Waals surface area contributed by atoms with E-state index in [1.165, 1.54) is 7.11 Å². The molecule has 0 aliphatic carbocycles. The second-order valence-corrected chi connectivity index (χ2v) is 3.44. The second-order valence-electron chi connectivity index (χ2n) is 3.44. The van der Waals surface area contributed by atoms with E-state index < -0.39 is 0 Å². The quantitative estimate of drug-likeness (QED) is 0.838. The highest BCUT2D eigenvalue weighted by Gasteiger charge is 2.11. The largest absolute Gasteiger partial charge is 0.467 e. The van der Waals surface area contributed by atoms with E-state index in [1.54, 1.807) is 6.20 Å². The van der Waals surface area contributed by atoms with Gasteiger partial charge in [0, 0.05) is 12.7 Å². The van der Waals surface area contributed by atoms with E-state index in [-0.39, 0.29) is 12.0 Å². The van der Waals surface area contributed by atoms with Gasteiger partial charge in [0.2, 0.25) is 5.95 Å². The van der Waals surface area contributed by atoms with Crippen molar-refractivity contribution in [3.63, 3.8) is 0 Å². The lowest BCUT2D eigenvalue weighted by molar-refractivity contribution is 0.379. The van der Waals surface area contributed by atoms with E-state index in [1.807, 2.05) is 10.7 Å². The number of hydrogen-bond acceptors (Lipinski definition) is 6. The van der Waals surface area contributed by atoms with E-state index in [9.17, 15) is 0 Å². The lowest BCUT2D eigenvalue weighted by atomic mass is 10.4. The highest BCUT2D eigenvalue weighted by Crippen LogP contribution is 2.17. The summed E-state index contributed by atoms with van der Waals surface area (Å²) in [5.74, 6) is 0.608. The Morgan fingerprint density at radius 2 is 2.18 bits per heavy atom. The van der Waals surface area contributed by atoms with Crippen molar-refractivity contribution in [3.05, 3.63) is 12.3 Å². The molecule has 17 heavy (non-hydrogen) atoms. The molecule has 2 rings (SSSR count). The third-order valence-electron chi connectivity index (χ3n) is 2.20. The molecule has 0 aromatic carbocycles. The Kier molecular flexibility index (Phi) is 3.17. The molecular formula is C10H14N6O. The van der Waals surface area contributed by atoms with Crippen LogP contribution >= 0.6 is 0 Å². The minimum absolute atomic E-state index is 0.135. The van der Waals surface area contributed by atoms with Crippen LogP contribution in [0, 0.1) is 0 Å². The molecule has 7 heteroatoms. The lowest BCUT2D eigenvalue weighted by Crippen LogP contribution is -2.07. The summed E-state index contributed by atoms with van der Waals surface area (Å²) in [7, 11) is 1.49. The van der Waals surface area contributed by atoms with E-state index in [4.69, 9.17) is 10.5 Å². The molecule has 0 saturated heterocycles. The summed E-state index contributed by atoms with van der Waals surface area (Å²) in [5, 5.41) is 4.20. The van der Waals surface area contributed by atoms with Crippen molar-refractivity contribution in [1.82, 2.24) is 24.7 Å². The molecule has 0 fully saturated rings. The third-order valence-corrected chi connectivity index (χ3v) is 2.20. The van der Waals surface area contributed by atoms with Crippen LogP contribution < -0.4 is 10.5 Å². The predicted molar refractivity (Wildman–Crippen MR) is 62.3 cm³/mol. The van der Waals surface area contributed by atoms with Gasteiger partial charge in [0.05, 0.1) is 7.11 Å². The number of methoxy groups -OCH3 is 1. The van der Waals surface area contributed by atoms with Gasteiger partial charge in [-0.3, -0.25) is 4.68 Å². The van der Waals surface area contributed by atoms with Crippen LogP contribution in [0.3, 0.4) is 0 Å². The van der Waals surface area contributed by atoms with Crippen molar-refractivity contribution in [3.8, 4) is 17.5 Å². The molecule has 0 bridgehead atoms. The summed E-state index contributed by atoms with van der Waals surface area (Å²) >= 11 is 0. The molecule has 2 heterocycles. The van der Waals surface area contributed by atoms with Gasteiger partial charge in [-0.25, -0.2) is 0 Å². The number of nitrogens with zero attached hydrogens (tertiary/aromatic N) is 5. The van der Waals surface area contributed by atoms with Crippen molar-refractivity contribution in [2.24, 2.45) is 0 Å². The summed E-state index contributed by atoms with van der Waals surface area (Å²) in [6.45, 7) is 2.88. The highest BCUT2D eigenvalue weighted by molar-refractivity contribution is 5.50. The van der Waals surface area contributed by atoms with Crippen LogP contribution in [0.5, 0.6) is 6.01 Å². The average Bonchev–Trinajstić information content (AvgIpc) is 2.77. The number of aryl methyl sites for hydroxylation is 1. The van der Waals surface area contributed by atoms with Gasteiger partial charge in [-0.1, -0.05) is 6.92 Å². The number of anilines is 1. The zero-order valence-corrected chi connectivity index (χ0v) is 9.79. The van der Waals surface area contributed by atoms with Gasteiger partial charge in [0.15, 0.2) is 5.82 Å². The first kappa shape index (κ1) is 11.3. The summed E-state index contributed by atoms with van der Waals surface area (Å²) in [6, 6.07) is 2.04. The first-order valence-corrected chi connectivity index (χ1v) is 5.32. The highest BCUT2D eigenvalue weighted by atomic mass is 16.5. The van der Waals surface area contributed by atoms with Gasteiger partial charge in [-0.2, -0.15) is 20.1 Å². The summed E-state index contributed by atoms with van der Waals surface area (Å²) in [4.78, 5) is 12.1. The smallest absolute Gasteiger partial charge is 0.321 e. The monoisotopic (exact) mass is 234 g/mol. The molecule has 0 aliphatic rings. The second kappa shape index (κ2) is 4.77. The zero-order valence-electron chi connectivity index (χ0n) is 9.79. The number of nitrogens with two attached hydrogens (primary N) is 1. The van der Waals surface area contributed by atoms with Crippen molar-refractivity contribution in [2.75, 3.05) is 12.8 Å². The number of ether oxygens (including phenoxy) is 1. The molecule has 0 amide bonds. The van der Waals surface area contributed by atoms with Crippen LogP contribution in [0.4, 0.5) is 5.95 Å². The number of rotatable bonds is 4. The van der Waals surface area contributed by atoms with Crippen molar-refractivity contribution in [2.45, 2.75) is 19.9 Å². The van der Waals surface area contributed by atoms with Crippen LogP contribution in [0.25, 0.3) is 11.5 Å². The first-order chi connectivity index (χ1) is 8.24. The molecule has 7 nitrogen and oxygen atoms in total. The molecule has 90 valence electrons. The average molecular weight is 234 g/mol. The molecule has 2 aromatic heterocycles. The van der Waals surface area contributed by atoms with Crippen LogP contribution in [-0.4, -0.2) is 31.8 Å². The van der Waals surface area contributed by atoms with E-state index >= 15 is 0 Å². The van der Waals surface area contributed by atoms with E-state index in [2.05, 4.69) is 27.0 Å². The molecule has 2 N–H and O–H groups in total. The third kappa shape index (κ3) is 2.32. The summed E-state index contributed by atoms with van der Waals surface area (Å²) in [6.07, 6.45) is 2.68. The van der Waals surface area contributed by atoms with Gasteiger partial charge in [0.25, 0.3) is 0 Å². The number of hydrogen-bond donors (Lipinski definition) is 1. The molecule has 0 unspecified atom stereocenters. The van der Waals surface area contributed by atoms with Crippen molar-refractivity contribution >= 4 is 5.95 Å². The lowest BCUT2D eigenvalue weighted by Gasteiger charge is -2.06. The Morgan fingerprint density at radius 1 is 1.35 bits per heavy atom. The van der Waals surface area contributed by atoms with Gasteiger partial charge in [-0.15, -0.1) is 0 Å². The fourth-order valence-corrected chi connectivity index (χ4v) is 1.49. The van der Waals surface area contributed by atoms with Gasteiger partial charge >= 0.3 is 6.01 Å². The van der Waals surface area contributed by atoms with E-state index in [0.717, 1.165) is 18.7 Å². The van der Waals surface area contributed by atoms with Crippen LogP contribution in [0.15, 0.2) is 12.3 Å². The fourth-order valence-electron chi connectivity index (χ4n) is 1.49. The Balaban J connectivity index is 2.44. The first-order valence-electron chi connectivity index (χ1n) is 5.32. The Hall–Kier alpha value is -2.18. The van der Waals surface area contributed by atoms with E-state index in [0.29, 0.717) is 5.82 Å². The van der Waals surface area contributed by atoms with Crippen LogP contribution in [0.1, 0.15) is 13.3 Å². The SMILES string of the molecule is CCCn1nccc1-c1nc(N)nc(OC)n1. The molecule has 0 spiro atoms. The maximum Gasteiger partial charge on any atom is 0.321 e. The maximum atomic E-state index is 5.59. The van der Waals surface area contributed by atoms with Crippen molar-refractivity contribution < 1.29 is 4.74 Å². The zero-order chi connectivity index (χ0) is 12.3. The molecule has 0 atom stereocenters. The minimum atomic E-state index is 0.135. The topological polar surface area (TPSA) is 91.7 Å². The normalized spacial score (nSPS) is 10.5. The fraction of sp³-hybridized carbons (Fsp3) is 0.400. The standard InChI is InChI=1S/C10H14N6O/c1-3-6-16-7(4-5-12-16)8-13-9(11)15-10(14-8)17-2/h4-5H,3,6H2,1-2H3,(H2,11,13,14,15). The summed E-state index contributed by atoms with van der Waals surface area (Å²) < 4.78 is 6.79.